The lowest BCUT2D eigenvalue weighted by molar-refractivity contribution is 0.726. The zero-order valence-corrected chi connectivity index (χ0v) is 11.5. The van der Waals surface area contributed by atoms with Gasteiger partial charge in [0.05, 0.1) is 17.6 Å². The second-order valence-corrected chi connectivity index (χ2v) is 5.32. The molecule has 0 atom stereocenters. The minimum absolute atomic E-state index is 0.355. The highest BCUT2D eigenvalue weighted by atomic mass is 15.2. The molecule has 0 bridgehead atoms. The molecule has 2 N–H and O–H groups in total. The van der Waals surface area contributed by atoms with Gasteiger partial charge in [-0.25, -0.2) is 9.97 Å². The van der Waals surface area contributed by atoms with E-state index in [1.807, 2.05) is 6.20 Å². The van der Waals surface area contributed by atoms with E-state index in [4.69, 9.17) is 5.73 Å². The van der Waals surface area contributed by atoms with Crippen molar-refractivity contribution in [3.05, 3.63) is 17.7 Å². The molecule has 0 spiro atoms. The van der Waals surface area contributed by atoms with Gasteiger partial charge in [-0.05, 0) is 12.8 Å². The lowest BCUT2D eigenvalue weighted by atomic mass is 10.2. The summed E-state index contributed by atoms with van der Waals surface area (Å²) in [5.41, 5.74) is 7.99. The molecule has 4 nitrogen and oxygen atoms in total. The molecule has 1 aromatic rings. The first-order valence-electron chi connectivity index (χ1n) is 7.03. The molecule has 1 aromatic heterocycles. The third-order valence-corrected chi connectivity index (χ3v) is 3.52. The zero-order chi connectivity index (χ0) is 13.0. The van der Waals surface area contributed by atoms with E-state index in [9.17, 15) is 0 Å². The van der Waals surface area contributed by atoms with Crippen LogP contribution in [0.15, 0.2) is 6.20 Å². The maximum absolute atomic E-state index is 5.85. The van der Waals surface area contributed by atoms with Gasteiger partial charge in [-0.2, -0.15) is 0 Å². The first kappa shape index (κ1) is 13.3. The molecule has 0 amide bonds. The predicted molar refractivity (Wildman–Crippen MR) is 74.7 cm³/mol. The van der Waals surface area contributed by atoms with Gasteiger partial charge in [0.25, 0.3) is 0 Å². The largest absolute Gasteiger partial charge is 0.369 e. The highest BCUT2D eigenvalue weighted by molar-refractivity contribution is 5.49. The van der Waals surface area contributed by atoms with E-state index in [0.29, 0.717) is 12.5 Å². The predicted octanol–water partition coefficient (Wildman–Crippen LogP) is 2.44. The average molecular weight is 248 g/mol. The standard InChI is InChI=1S/C14H24N4/c1-11(2)14-16-10-13(12(9-15)17-14)18-7-5-3-4-6-8-18/h10-11H,3-9,15H2,1-2H3. The fourth-order valence-electron chi connectivity index (χ4n) is 2.43. The molecule has 100 valence electrons. The van der Waals surface area contributed by atoms with Crippen LogP contribution in [0.3, 0.4) is 0 Å². The Labute approximate surface area is 110 Å². The van der Waals surface area contributed by atoms with Crippen LogP contribution < -0.4 is 10.6 Å². The maximum Gasteiger partial charge on any atom is 0.131 e. The van der Waals surface area contributed by atoms with Crippen LogP contribution in [-0.2, 0) is 6.54 Å². The molecule has 0 saturated carbocycles. The van der Waals surface area contributed by atoms with Gasteiger partial charge >= 0.3 is 0 Å². The molecule has 0 aromatic carbocycles. The molecular weight excluding hydrogens is 224 g/mol. The van der Waals surface area contributed by atoms with Crippen LogP contribution >= 0.6 is 0 Å². The number of rotatable bonds is 3. The number of nitrogens with two attached hydrogens (primary N) is 1. The number of aromatic nitrogens is 2. The van der Waals surface area contributed by atoms with Crippen molar-refractivity contribution < 1.29 is 0 Å². The topological polar surface area (TPSA) is 55.0 Å². The Bertz CT molecular complexity index is 381. The fourth-order valence-corrected chi connectivity index (χ4v) is 2.43. The molecule has 1 aliphatic rings. The maximum atomic E-state index is 5.85. The van der Waals surface area contributed by atoms with E-state index in [0.717, 1.165) is 30.3 Å². The molecular formula is C14H24N4. The van der Waals surface area contributed by atoms with Crippen molar-refractivity contribution in [1.29, 1.82) is 0 Å². The Morgan fingerprint density at radius 1 is 1.22 bits per heavy atom. The van der Waals surface area contributed by atoms with E-state index < -0.39 is 0 Å². The van der Waals surface area contributed by atoms with Crippen LogP contribution in [0.5, 0.6) is 0 Å². The van der Waals surface area contributed by atoms with Crippen molar-refractivity contribution in [2.45, 2.75) is 52.0 Å². The van der Waals surface area contributed by atoms with E-state index in [-0.39, 0.29) is 0 Å². The monoisotopic (exact) mass is 248 g/mol. The molecule has 0 radical (unpaired) electrons. The summed E-state index contributed by atoms with van der Waals surface area (Å²) in [7, 11) is 0. The Balaban J connectivity index is 2.25. The van der Waals surface area contributed by atoms with Crippen LogP contribution in [0.25, 0.3) is 0 Å². The SMILES string of the molecule is CC(C)c1ncc(N2CCCCCC2)c(CN)n1. The molecule has 18 heavy (non-hydrogen) atoms. The first-order chi connectivity index (χ1) is 8.72. The number of hydrogen-bond donors (Lipinski definition) is 1. The van der Waals surface area contributed by atoms with Crippen LogP contribution in [0.4, 0.5) is 5.69 Å². The summed E-state index contributed by atoms with van der Waals surface area (Å²) in [5.74, 6) is 1.25. The van der Waals surface area contributed by atoms with Gasteiger partial charge in [-0.1, -0.05) is 26.7 Å². The quantitative estimate of drug-likeness (QED) is 0.892. The second kappa shape index (κ2) is 6.14. The third kappa shape index (κ3) is 2.99. The van der Waals surface area contributed by atoms with E-state index >= 15 is 0 Å². The van der Waals surface area contributed by atoms with Crippen molar-refractivity contribution in [2.24, 2.45) is 5.73 Å². The molecule has 1 aliphatic heterocycles. The number of hydrogen-bond acceptors (Lipinski definition) is 4. The summed E-state index contributed by atoms with van der Waals surface area (Å²) in [6, 6.07) is 0. The van der Waals surface area contributed by atoms with Crippen molar-refractivity contribution >= 4 is 5.69 Å². The highest BCUT2D eigenvalue weighted by Crippen LogP contribution is 2.23. The number of nitrogens with zero attached hydrogens (tertiary/aromatic N) is 3. The van der Waals surface area contributed by atoms with Gasteiger partial charge in [0.1, 0.15) is 5.82 Å². The third-order valence-electron chi connectivity index (χ3n) is 3.52. The molecule has 1 saturated heterocycles. The first-order valence-corrected chi connectivity index (χ1v) is 7.03. The summed E-state index contributed by atoms with van der Waals surface area (Å²) < 4.78 is 0. The fraction of sp³-hybridized carbons (Fsp3) is 0.714. The van der Waals surface area contributed by atoms with Crippen LogP contribution in [0, 0.1) is 0 Å². The van der Waals surface area contributed by atoms with E-state index in [1.165, 1.54) is 25.7 Å². The molecule has 2 heterocycles. The van der Waals surface area contributed by atoms with Crippen molar-refractivity contribution in [2.75, 3.05) is 18.0 Å². The molecule has 2 rings (SSSR count). The summed E-state index contributed by atoms with van der Waals surface area (Å²) in [6.45, 7) is 6.94. The van der Waals surface area contributed by atoms with Gasteiger partial charge < -0.3 is 10.6 Å². The molecule has 4 heteroatoms. The lowest BCUT2D eigenvalue weighted by Crippen LogP contribution is -2.26. The van der Waals surface area contributed by atoms with Gasteiger partial charge in [0, 0.05) is 25.6 Å². The summed E-state index contributed by atoms with van der Waals surface area (Å²) >= 11 is 0. The summed E-state index contributed by atoms with van der Waals surface area (Å²) in [4.78, 5) is 11.5. The Kier molecular flexibility index (Phi) is 4.53. The summed E-state index contributed by atoms with van der Waals surface area (Å²) in [5, 5.41) is 0. The van der Waals surface area contributed by atoms with Crippen molar-refractivity contribution in [3.63, 3.8) is 0 Å². The Hall–Kier alpha value is -1.16. The van der Waals surface area contributed by atoms with Gasteiger partial charge in [0.2, 0.25) is 0 Å². The summed E-state index contributed by atoms with van der Waals surface area (Å²) in [6.07, 6.45) is 7.15. The zero-order valence-electron chi connectivity index (χ0n) is 11.5. The number of anilines is 1. The molecule has 0 unspecified atom stereocenters. The van der Waals surface area contributed by atoms with E-state index in [2.05, 4.69) is 28.7 Å². The van der Waals surface area contributed by atoms with Gasteiger partial charge in [-0.15, -0.1) is 0 Å². The second-order valence-electron chi connectivity index (χ2n) is 5.32. The highest BCUT2D eigenvalue weighted by Gasteiger charge is 2.15. The van der Waals surface area contributed by atoms with E-state index in [1.54, 1.807) is 0 Å². The molecule has 1 fully saturated rings. The minimum atomic E-state index is 0.355. The average Bonchev–Trinajstić information content (AvgIpc) is 2.66. The lowest BCUT2D eigenvalue weighted by Gasteiger charge is -2.24. The van der Waals surface area contributed by atoms with Crippen molar-refractivity contribution in [3.8, 4) is 0 Å². The van der Waals surface area contributed by atoms with Gasteiger partial charge in [-0.3, -0.25) is 0 Å². The smallest absolute Gasteiger partial charge is 0.131 e. The van der Waals surface area contributed by atoms with Gasteiger partial charge in [0.15, 0.2) is 0 Å². The van der Waals surface area contributed by atoms with Crippen LogP contribution in [0.1, 0.15) is 57.0 Å². The van der Waals surface area contributed by atoms with Crippen LogP contribution in [-0.4, -0.2) is 23.1 Å². The minimum Gasteiger partial charge on any atom is -0.369 e. The Morgan fingerprint density at radius 3 is 2.44 bits per heavy atom. The Morgan fingerprint density at radius 2 is 1.89 bits per heavy atom. The molecule has 0 aliphatic carbocycles. The van der Waals surface area contributed by atoms with Crippen molar-refractivity contribution in [1.82, 2.24) is 9.97 Å². The normalized spacial score (nSPS) is 17.0. The van der Waals surface area contributed by atoms with Crippen LogP contribution in [0.2, 0.25) is 0 Å².